The summed E-state index contributed by atoms with van der Waals surface area (Å²) >= 11 is 0. The van der Waals surface area contributed by atoms with Gasteiger partial charge in [0.05, 0.1) is 4.90 Å². The molecule has 0 unspecified atom stereocenters. The standard InChI is InChI=1S/C14H15F3N4O6S/c1-8(22)18-11(23)19-12(24)20-13(25)21-28(26,27)10-5-3-2-4-9(10)6-7-14(15,16)17/h2-5H,6-7H2,1H3,(H4,18,19,20,21,22,23,24,25)/i2+2,3+2,4+2,5+2,9+2,10+2. The molecule has 0 spiro atoms. The highest BCUT2D eigenvalue weighted by Gasteiger charge is 2.29. The molecule has 1 aromatic carbocycles. The van der Waals surface area contributed by atoms with Crippen LogP contribution in [0.4, 0.5) is 27.6 Å². The van der Waals surface area contributed by atoms with Gasteiger partial charge in [0.15, 0.2) is 0 Å². The van der Waals surface area contributed by atoms with Gasteiger partial charge in [-0.1, -0.05) is 18.2 Å². The zero-order chi connectivity index (χ0) is 21.5. The predicted molar refractivity (Wildman–Crippen MR) is 87.4 cm³/mol. The minimum atomic E-state index is -4.61. The molecule has 7 amide bonds. The van der Waals surface area contributed by atoms with Crippen molar-refractivity contribution in [2.75, 3.05) is 0 Å². The fourth-order valence-electron chi connectivity index (χ4n) is 1.88. The van der Waals surface area contributed by atoms with Gasteiger partial charge in [0.1, 0.15) is 0 Å². The van der Waals surface area contributed by atoms with Gasteiger partial charge < -0.3 is 0 Å². The number of carbonyl (C=O) groups excluding carboxylic acids is 4. The summed E-state index contributed by atoms with van der Waals surface area (Å²) in [6, 6.07) is 0.418. The number of imide groups is 3. The number of aryl methyl sites for hydroxylation is 1. The predicted octanol–water partition coefficient (Wildman–Crippen LogP) is 1.14. The number of hydrogen-bond acceptors (Lipinski definition) is 6. The quantitative estimate of drug-likeness (QED) is 0.556. The number of sulfonamides is 1. The van der Waals surface area contributed by atoms with Gasteiger partial charge in [-0.2, -0.15) is 13.2 Å². The molecule has 0 heterocycles. The molecule has 0 saturated carbocycles. The molecule has 0 saturated heterocycles. The summed E-state index contributed by atoms with van der Waals surface area (Å²) in [5.74, 6) is -0.798. The molecule has 28 heavy (non-hydrogen) atoms. The number of alkyl halides is 3. The highest BCUT2D eigenvalue weighted by atomic mass is 32.2. The Morgan fingerprint density at radius 3 is 2.04 bits per heavy atom. The number of nitrogens with one attached hydrogen (secondary N) is 4. The third-order valence-electron chi connectivity index (χ3n) is 2.91. The van der Waals surface area contributed by atoms with Crippen LogP contribution in [0.25, 0.3) is 0 Å². The van der Waals surface area contributed by atoms with Crippen molar-refractivity contribution in [3.05, 3.63) is 29.8 Å². The van der Waals surface area contributed by atoms with E-state index in [9.17, 15) is 40.8 Å². The Labute approximate surface area is 156 Å². The number of benzene rings is 1. The van der Waals surface area contributed by atoms with Gasteiger partial charge in [-0.15, -0.1) is 0 Å². The maximum Gasteiger partial charge on any atom is 0.389 e. The molecular formula is C14H15F3N4O6S. The van der Waals surface area contributed by atoms with Gasteiger partial charge >= 0.3 is 24.3 Å². The Kier molecular flexibility index (Phi) is 7.49. The lowest BCUT2D eigenvalue weighted by atomic mass is 10.4. The summed E-state index contributed by atoms with van der Waals surface area (Å²) < 4.78 is 63.0. The topological polar surface area (TPSA) is 151 Å². The minimum Gasteiger partial charge on any atom is -0.278 e. The van der Waals surface area contributed by atoms with Crippen LogP contribution in [0.5, 0.6) is 0 Å². The monoisotopic (exact) mass is 436 g/mol. The Hall–Kier alpha value is -3.16. The fourth-order valence-corrected chi connectivity index (χ4v) is 3.06. The number of rotatable bonds is 4. The summed E-state index contributed by atoms with van der Waals surface area (Å²) in [6.45, 7) is 0.979. The third kappa shape index (κ3) is 8.03. The molecule has 14 heteroatoms. The summed E-state index contributed by atoms with van der Waals surface area (Å²) in [5.41, 5.74) is -0.189. The average molecular weight is 436 g/mol. The van der Waals surface area contributed by atoms with Gasteiger partial charge in [0.2, 0.25) is 5.91 Å². The molecule has 4 N–H and O–H groups in total. The van der Waals surface area contributed by atoms with E-state index in [-0.39, 0.29) is 5.56 Å². The number of urea groups is 3. The SMILES string of the molecule is CC(=O)NC(=O)NC(=O)NC(=O)NS(=O)(=O)[14c]1[14cH][14cH][14cH][14cH][14c]1CCC(F)(F)F. The highest BCUT2D eigenvalue weighted by molar-refractivity contribution is 7.90. The van der Waals surface area contributed by atoms with Crippen molar-refractivity contribution >= 4 is 34.0 Å². The van der Waals surface area contributed by atoms with Crippen LogP contribution in [0.1, 0.15) is 18.9 Å². The normalized spacial score (nSPS) is 11.3. The van der Waals surface area contributed by atoms with E-state index in [0.29, 0.717) is 0 Å². The molecule has 10 nitrogen and oxygen atoms in total. The van der Waals surface area contributed by atoms with Crippen molar-refractivity contribution in [3.63, 3.8) is 0 Å². The van der Waals surface area contributed by atoms with Gasteiger partial charge in [-0.05, 0) is 18.1 Å². The van der Waals surface area contributed by atoms with Crippen LogP contribution in [0.2, 0.25) is 0 Å². The van der Waals surface area contributed by atoms with Crippen LogP contribution in [0, 0.1) is 0 Å². The van der Waals surface area contributed by atoms with Crippen molar-refractivity contribution in [3.8, 4) is 0 Å². The molecule has 0 aliphatic heterocycles. The van der Waals surface area contributed by atoms with Crippen LogP contribution in [-0.2, 0) is 21.2 Å². The summed E-state index contributed by atoms with van der Waals surface area (Å²) in [4.78, 5) is 44.1. The molecule has 1 aromatic rings. The lowest BCUT2D eigenvalue weighted by Crippen LogP contribution is -2.51. The van der Waals surface area contributed by atoms with E-state index < -0.39 is 57.9 Å². The number of carbonyl (C=O) groups is 4. The number of hydrogen-bond donors (Lipinski definition) is 4. The summed E-state index contributed by atoms with van der Waals surface area (Å²) in [5, 5.41) is 4.63. The molecule has 154 valence electrons. The second kappa shape index (κ2) is 9.16. The zero-order valence-electron chi connectivity index (χ0n) is 14.2. The first kappa shape index (κ1) is 22.9. The van der Waals surface area contributed by atoms with E-state index in [4.69, 9.17) is 0 Å². The van der Waals surface area contributed by atoms with Crippen molar-refractivity contribution in [2.24, 2.45) is 0 Å². The zero-order valence-corrected chi connectivity index (χ0v) is 15.0. The Morgan fingerprint density at radius 2 is 1.46 bits per heavy atom. The molecule has 0 bridgehead atoms. The van der Waals surface area contributed by atoms with Crippen molar-refractivity contribution in [2.45, 2.75) is 30.8 Å². The average Bonchev–Trinajstić information content (AvgIpc) is 2.50. The van der Waals surface area contributed by atoms with Crippen molar-refractivity contribution < 1.29 is 40.8 Å². The molecule has 0 fully saturated rings. The van der Waals surface area contributed by atoms with Crippen molar-refractivity contribution in [1.82, 2.24) is 20.7 Å². The molecule has 0 radical (unpaired) electrons. The largest absolute Gasteiger partial charge is 0.389 e. The maximum atomic E-state index is 12.4. The first-order chi connectivity index (χ1) is 12.8. The van der Waals surface area contributed by atoms with E-state index in [1.54, 1.807) is 5.32 Å². The maximum absolute atomic E-state index is 12.4. The van der Waals surface area contributed by atoms with E-state index in [0.717, 1.165) is 19.1 Å². The van der Waals surface area contributed by atoms with Crippen LogP contribution in [0.3, 0.4) is 0 Å². The molecule has 1 rings (SSSR count). The summed E-state index contributed by atoms with van der Waals surface area (Å²) in [7, 11) is -4.61. The molecule has 0 atom stereocenters. The Balaban J connectivity index is 2.81. The lowest BCUT2D eigenvalue weighted by Gasteiger charge is -2.13. The second-order valence-electron chi connectivity index (χ2n) is 5.25. The summed E-state index contributed by atoms with van der Waals surface area (Å²) in [6.07, 6.45) is -6.44. The van der Waals surface area contributed by atoms with Crippen LogP contribution < -0.4 is 20.7 Å². The minimum absolute atomic E-state index is 0.189. The van der Waals surface area contributed by atoms with Gasteiger partial charge in [0.25, 0.3) is 10.0 Å². The first-order valence-corrected chi connectivity index (χ1v) is 8.89. The lowest BCUT2D eigenvalue weighted by molar-refractivity contribution is -0.134. The number of halogens is 3. The smallest absolute Gasteiger partial charge is 0.278 e. The molecule has 0 aromatic heterocycles. The van der Waals surface area contributed by atoms with E-state index in [1.165, 1.54) is 27.5 Å². The van der Waals surface area contributed by atoms with E-state index in [1.807, 2.05) is 0 Å². The molecule has 0 aliphatic rings. The molecule has 0 aliphatic carbocycles. The van der Waals surface area contributed by atoms with Gasteiger partial charge in [-0.25, -0.2) is 27.5 Å². The highest BCUT2D eigenvalue weighted by Crippen LogP contribution is 2.24. The Bertz CT molecular complexity index is 885. The van der Waals surface area contributed by atoms with E-state index in [2.05, 4.69) is 0 Å². The second-order valence-corrected chi connectivity index (χ2v) is 6.90. The first-order valence-electron chi connectivity index (χ1n) is 7.41. The van der Waals surface area contributed by atoms with Gasteiger partial charge in [0, 0.05) is 13.3 Å². The third-order valence-corrected chi connectivity index (χ3v) is 4.34. The fraction of sp³-hybridized carbons (Fsp3) is 0.286. The van der Waals surface area contributed by atoms with Crippen LogP contribution in [-0.4, -0.2) is 38.6 Å². The van der Waals surface area contributed by atoms with Gasteiger partial charge in [-0.3, -0.25) is 20.7 Å². The molecular weight excluding hydrogens is 421 g/mol. The van der Waals surface area contributed by atoms with Crippen molar-refractivity contribution in [1.29, 1.82) is 0 Å². The van der Waals surface area contributed by atoms with Crippen LogP contribution >= 0.6 is 0 Å². The number of amides is 7. The van der Waals surface area contributed by atoms with E-state index >= 15 is 0 Å². The Morgan fingerprint density at radius 1 is 0.929 bits per heavy atom. The van der Waals surface area contributed by atoms with Crippen LogP contribution in [0.15, 0.2) is 29.2 Å².